The van der Waals surface area contributed by atoms with Crippen molar-refractivity contribution in [3.8, 4) is 28.4 Å². The lowest BCUT2D eigenvalue weighted by Crippen LogP contribution is -2.27. The quantitative estimate of drug-likeness (QED) is 0.342. The molecular weight excluding hydrogens is 514 g/mol. The van der Waals surface area contributed by atoms with Gasteiger partial charge in [0.05, 0.1) is 23.4 Å². The molecular formula is C29H27N5O4S. The van der Waals surface area contributed by atoms with Gasteiger partial charge in [0.15, 0.2) is 16.5 Å². The summed E-state index contributed by atoms with van der Waals surface area (Å²) < 4.78 is 14.1. The summed E-state index contributed by atoms with van der Waals surface area (Å²) in [5.41, 5.74) is 6.95. The maximum atomic E-state index is 13.8. The van der Waals surface area contributed by atoms with E-state index in [1.165, 1.54) is 15.7 Å². The molecule has 0 saturated carbocycles. The fourth-order valence-electron chi connectivity index (χ4n) is 4.79. The fraction of sp³-hybridized carbons (Fsp3) is 0.241. The molecule has 0 bridgehead atoms. The van der Waals surface area contributed by atoms with Crippen LogP contribution in [0.5, 0.6) is 11.5 Å². The van der Waals surface area contributed by atoms with Gasteiger partial charge in [0.25, 0.3) is 5.56 Å². The van der Waals surface area contributed by atoms with Crippen molar-refractivity contribution in [3.63, 3.8) is 0 Å². The van der Waals surface area contributed by atoms with Gasteiger partial charge in [0.2, 0.25) is 12.7 Å². The Morgan fingerprint density at radius 2 is 1.87 bits per heavy atom. The molecule has 39 heavy (non-hydrogen) atoms. The second kappa shape index (κ2) is 9.70. The SMILES string of the molecule is Cc1ccc(C)c(-n2nc(-c3c(C)nc4scc(CC(=O)NCc5ccc6c(c5)OCO6)n4c3=O)cc2C)c1. The third kappa shape index (κ3) is 4.57. The maximum absolute atomic E-state index is 13.8. The molecule has 10 heteroatoms. The van der Waals surface area contributed by atoms with Crippen LogP contribution >= 0.6 is 11.3 Å². The summed E-state index contributed by atoms with van der Waals surface area (Å²) in [6.07, 6.45) is 0.0462. The summed E-state index contributed by atoms with van der Waals surface area (Å²) in [6, 6.07) is 13.7. The van der Waals surface area contributed by atoms with Gasteiger partial charge in [0, 0.05) is 23.3 Å². The van der Waals surface area contributed by atoms with E-state index in [0.29, 0.717) is 45.6 Å². The molecule has 0 saturated heterocycles. The Labute approximate surface area is 228 Å². The van der Waals surface area contributed by atoms with Crippen LogP contribution in [0.25, 0.3) is 21.9 Å². The molecule has 4 heterocycles. The minimum atomic E-state index is -0.233. The molecule has 1 aliphatic rings. The highest BCUT2D eigenvalue weighted by molar-refractivity contribution is 7.15. The Morgan fingerprint density at radius 1 is 1.05 bits per heavy atom. The largest absolute Gasteiger partial charge is 0.454 e. The van der Waals surface area contributed by atoms with Crippen molar-refractivity contribution in [3.05, 3.63) is 92.0 Å². The van der Waals surface area contributed by atoms with Gasteiger partial charge in [-0.3, -0.25) is 14.0 Å². The molecule has 0 atom stereocenters. The first-order chi connectivity index (χ1) is 18.8. The van der Waals surface area contributed by atoms with Crippen molar-refractivity contribution in [1.29, 1.82) is 0 Å². The first-order valence-electron chi connectivity index (χ1n) is 12.6. The number of carbonyl (C=O) groups is 1. The second-order valence-corrected chi connectivity index (χ2v) is 10.6. The Morgan fingerprint density at radius 3 is 2.72 bits per heavy atom. The molecule has 198 valence electrons. The minimum absolute atomic E-state index is 0.0462. The van der Waals surface area contributed by atoms with Gasteiger partial charge in [-0.25, -0.2) is 9.67 Å². The number of aryl methyl sites for hydroxylation is 4. The van der Waals surface area contributed by atoms with E-state index in [0.717, 1.165) is 28.1 Å². The van der Waals surface area contributed by atoms with Crippen LogP contribution in [0, 0.1) is 27.7 Å². The van der Waals surface area contributed by atoms with E-state index in [1.807, 2.05) is 62.0 Å². The molecule has 0 aliphatic carbocycles. The van der Waals surface area contributed by atoms with E-state index in [1.54, 1.807) is 0 Å². The molecule has 2 aromatic carbocycles. The number of hydrogen-bond donors (Lipinski definition) is 1. The Kier molecular flexibility index (Phi) is 6.19. The van der Waals surface area contributed by atoms with Gasteiger partial charge < -0.3 is 14.8 Å². The number of benzene rings is 2. The van der Waals surface area contributed by atoms with Crippen molar-refractivity contribution >= 4 is 22.2 Å². The Balaban J connectivity index is 1.29. The normalized spacial score (nSPS) is 12.3. The lowest BCUT2D eigenvalue weighted by molar-refractivity contribution is -0.120. The van der Waals surface area contributed by atoms with E-state index >= 15 is 0 Å². The fourth-order valence-corrected chi connectivity index (χ4v) is 5.72. The monoisotopic (exact) mass is 541 g/mol. The average Bonchev–Trinajstić information content (AvgIpc) is 3.63. The molecule has 0 unspecified atom stereocenters. The molecule has 1 amide bonds. The van der Waals surface area contributed by atoms with Crippen LogP contribution in [0.15, 0.2) is 52.6 Å². The van der Waals surface area contributed by atoms with Crippen LogP contribution in [0.1, 0.15) is 33.8 Å². The molecule has 0 radical (unpaired) electrons. The van der Waals surface area contributed by atoms with Crippen molar-refractivity contribution in [1.82, 2.24) is 24.5 Å². The van der Waals surface area contributed by atoms with E-state index < -0.39 is 0 Å². The minimum Gasteiger partial charge on any atom is -0.454 e. The molecule has 9 nitrogen and oxygen atoms in total. The van der Waals surface area contributed by atoms with Crippen LogP contribution in [-0.4, -0.2) is 31.9 Å². The number of thiazole rings is 1. The zero-order valence-electron chi connectivity index (χ0n) is 22.1. The van der Waals surface area contributed by atoms with Crippen LogP contribution in [-0.2, 0) is 17.8 Å². The van der Waals surface area contributed by atoms with Gasteiger partial charge in [-0.1, -0.05) is 18.2 Å². The summed E-state index contributed by atoms with van der Waals surface area (Å²) >= 11 is 1.34. The number of rotatable bonds is 6. The number of carbonyl (C=O) groups excluding carboxylic acids is 1. The van der Waals surface area contributed by atoms with Gasteiger partial charge in [0.1, 0.15) is 5.69 Å². The standard InChI is InChI=1S/C29H27N5O4S/c1-16-5-6-17(2)23(9-16)34-18(3)10-22(32-34)27-19(4)31-29-33(28(27)36)21(14-39-29)12-26(35)30-13-20-7-8-24-25(11-20)38-15-37-24/h5-11,14H,12-13,15H2,1-4H3,(H,30,35). The number of hydrogen-bond acceptors (Lipinski definition) is 7. The Bertz CT molecular complexity index is 1820. The number of aromatic nitrogens is 4. The average molecular weight is 542 g/mol. The smallest absolute Gasteiger partial charge is 0.268 e. The highest BCUT2D eigenvalue weighted by Crippen LogP contribution is 2.32. The highest BCUT2D eigenvalue weighted by atomic mass is 32.1. The number of nitrogens with one attached hydrogen (secondary N) is 1. The lowest BCUT2D eigenvalue weighted by atomic mass is 10.1. The van der Waals surface area contributed by atoms with Crippen molar-refractivity contribution in [2.45, 2.75) is 40.7 Å². The zero-order chi connectivity index (χ0) is 27.3. The summed E-state index contributed by atoms with van der Waals surface area (Å²) in [7, 11) is 0. The highest BCUT2D eigenvalue weighted by Gasteiger charge is 2.21. The number of ether oxygens (including phenoxy) is 2. The van der Waals surface area contributed by atoms with Crippen LogP contribution in [0.2, 0.25) is 0 Å². The van der Waals surface area contributed by atoms with Crippen molar-refractivity contribution in [2.24, 2.45) is 0 Å². The number of fused-ring (bicyclic) bond motifs is 2. The predicted octanol–water partition coefficient (Wildman–Crippen LogP) is 4.43. The first-order valence-corrected chi connectivity index (χ1v) is 13.5. The Hall–Kier alpha value is -4.44. The molecule has 0 fully saturated rings. The second-order valence-electron chi connectivity index (χ2n) is 9.74. The summed E-state index contributed by atoms with van der Waals surface area (Å²) in [5, 5.41) is 9.55. The first kappa shape index (κ1) is 24.9. The van der Waals surface area contributed by atoms with Gasteiger partial charge >= 0.3 is 0 Å². The molecule has 1 N–H and O–H groups in total. The third-order valence-corrected chi connectivity index (χ3v) is 7.70. The summed E-state index contributed by atoms with van der Waals surface area (Å²) in [6.45, 7) is 8.41. The number of nitrogens with zero attached hydrogens (tertiary/aromatic N) is 4. The molecule has 5 aromatic rings. The molecule has 6 rings (SSSR count). The van der Waals surface area contributed by atoms with Crippen molar-refractivity contribution < 1.29 is 14.3 Å². The molecule has 1 aliphatic heterocycles. The predicted molar refractivity (Wildman–Crippen MR) is 149 cm³/mol. The zero-order valence-corrected chi connectivity index (χ0v) is 22.9. The van der Waals surface area contributed by atoms with Crippen molar-refractivity contribution in [2.75, 3.05) is 6.79 Å². The maximum Gasteiger partial charge on any atom is 0.268 e. The van der Waals surface area contributed by atoms with Crippen LogP contribution in [0.4, 0.5) is 0 Å². The topological polar surface area (TPSA) is 99.8 Å². The van der Waals surface area contributed by atoms with E-state index in [2.05, 4.69) is 28.5 Å². The van der Waals surface area contributed by atoms with E-state index in [-0.39, 0.29) is 24.7 Å². The van der Waals surface area contributed by atoms with Crippen LogP contribution in [0.3, 0.4) is 0 Å². The van der Waals surface area contributed by atoms with Crippen LogP contribution < -0.4 is 20.3 Å². The third-order valence-electron chi connectivity index (χ3n) is 6.83. The van der Waals surface area contributed by atoms with E-state index in [4.69, 9.17) is 14.6 Å². The van der Waals surface area contributed by atoms with Gasteiger partial charge in [-0.05, 0) is 68.7 Å². The van der Waals surface area contributed by atoms with Gasteiger partial charge in [-0.15, -0.1) is 11.3 Å². The van der Waals surface area contributed by atoms with Gasteiger partial charge in [-0.2, -0.15) is 5.10 Å². The summed E-state index contributed by atoms with van der Waals surface area (Å²) in [4.78, 5) is 31.9. The summed E-state index contributed by atoms with van der Waals surface area (Å²) in [5.74, 6) is 1.17. The van der Waals surface area contributed by atoms with E-state index in [9.17, 15) is 9.59 Å². The lowest BCUT2D eigenvalue weighted by Gasteiger charge is -2.09. The molecule has 0 spiro atoms. The number of amides is 1. The molecule has 3 aromatic heterocycles.